The Morgan fingerprint density at radius 1 is 1.40 bits per heavy atom. The molecule has 20 heavy (non-hydrogen) atoms. The molecule has 8 heteroatoms. The van der Waals surface area contributed by atoms with Crippen LogP contribution in [0, 0.1) is 10.1 Å². The third kappa shape index (κ3) is 4.69. The van der Waals surface area contributed by atoms with Crippen LogP contribution in [0.1, 0.15) is 18.9 Å². The third-order valence-electron chi connectivity index (χ3n) is 2.49. The van der Waals surface area contributed by atoms with E-state index in [1.165, 1.54) is 0 Å². The first-order valence-electron chi connectivity index (χ1n) is 6.05. The summed E-state index contributed by atoms with van der Waals surface area (Å²) in [4.78, 5) is 9.90. The second-order valence-corrected chi connectivity index (χ2v) is 3.99. The number of hydrogen-bond acceptors (Lipinski definition) is 4. The van der Waals surface area contributed by atoms with Gasteiger partial charge in [-0.15, -0.1) is 0 Å². The molecule has 1 rings (SSSR count). The average Bonchev–Trinajstić information content (AvgIpc) is 2.37. The molecule has 112 valence electrons. The van der Waals surface area contributed by atoms with Crippen molar-refractivity contribution >= 4 is 5.69 Å². The summed E-state index contributed by atoms with van der Waals surface area (Å²) >= 11 is 0. The van der Waals surface area contributed by atoms with Gasteiger partial charge in [-0.3, -0.25) is 10.1 Å². The average molecular weight is 292 g/mol. The van der Waals surface area contributed by atoms with Crippen molar-refractivity contribution in [1.82, 2.24) is 5.32 Å². The van der Waals surface area contributed by atoms with Crippen LogP contribution in [0.5, 0.6) is 5.75 Å². The predicted molar refractivity (Wildman–Crippen MR) is 66.8 cm³/mol. The summed E-state index contributed by atoms with van der Waals surface area (Å²) in [5, 5.41) is 13.8. The first kappa shape index (κ1) is 16.2. The van der Waals surface area contributed by atoms with Gasteiger partial charge in [0.2, 0.25) is 0 Å². The van der Waals surface area contributed by atoms with Crippen molar-refractivity contribution < 1.29 is 22.8 Å². The molecule has 0 bridgehead atoms. The van der Waals surface area contributed by atoms with Crippen molar-refractivity contribution in [2.75, 3.05) is 19.7 Å². The Bertz CT molecular complexity index is 464. The summed E-state index contributed by atoms with van der Waals surface area (Å²) in [6, 6.07) is 2.24. The number of benzene rings is 1. The Labute approximate surface area is 113 Å². The summed E-state index contributed by atoms with van der Waals surface area (Å²) in [7, 11) is 0. The maximum atomic E-state index is 12.5. The van der Waals surface area contributed by atoms with Crippen LogP contribution in [-0.4, -0.2) is 24.6 Å². The van der Waals surface area contributed by atoms with Crippen molar-refractivity contribution in [3.05, 3.63) is 33.9 Å². The van der Waals surface area contributed by atoms with Crippen LogP contribution in [0.25, 0.3) is 0 Å². The summed E-state index contributed by atoms with van der Waals surface area (Å²) < 4.78 is 42.6. The smallest absolute Gasteiger partial charge is 0.416 e. The topological polar surface area (TPSA) is 64.4 Å². The Balaban J connectivity index is 2.78. The number of rotatable bonds is 7. The first-order chi connectivity index (χ1) is 9.36. The lowest BCUT2D eigenvalue weighted by Gasteiger charge is -2.10. The number of nitro groups is 1. The molecule has 0 aliphatic carbocycles. The van der Waals surface area contributed by atoms with Crippen LogP contribution >= 0.6 is 0 Å². The van der Waals surface area contributed by atoms with E-state index in [2.05, 4.69) is 5.32 Å². The van der Waals surface area contributed by atoms with Gasteiger partial charge in [0, 0.05) is 6.07 Å². The van der Waals surface area contributed by atoms with Gasteiger partial charge in [0.25, 0.3) is 0 Å². The van der Waals surface area contributed by atoms with Gasteiger partial charge in [0.1, 0.15) is 0 Å². The molecule has 0 heterocycles. The van der Waals surface area contributed by atoms with Gasteiger partial charge in [0.05, 0.1) is 17.1 Å². The largest absolute Gasteiger partial charge is 0.487 e. The van der Waals surface area contributed by atoms with Crippen LogP contribution in [-0.2, 0) is 6.18 Å². The zero-order valence-corrected chi connectivity index (χ0v) is 10.9. The summed E-state index contributed by atoms with van der Waals surface area (Å²) in [5.41, 5.74) is -1.74. The van der Waals surface area contributed by atoms with Crippen LogP contribution in [0.15, 0.2) is 18.2 Å². The number of hydrogen-bond donors (Lipinski definition) is 1. The number of ether oxygens (including phenoxy) is 1. The van der Waals surface area contributed by atoms with E-state index in [1.54, 1.807) is 0 Å². The minimum atomic E-state index is -4.62. The molecular formula is C12H15F3N2O3. The quantitative estimate of drug-likeness (QED) is 0.476. The molecule has 0 unspecified atom stereocenters. The van der Waals surface area contributed by atoms with Gasteiger partial charge < -0.3 is 10.1 Å². The maximum absolute atomic E-state index is 12.5. The summed E-state index contributed by atoms with van der Waals surface area (Å²) in [6.45, 7) is 3.59. The lowest BCUT2D eigenvalue weighted by Crippen LogP contribution is -2.16. The van der Waals surface area contributed by atoms with Crippen molar-refractivity contribution in [3.8, 4) is 5.75 Å². The second-order valence-electron chi connectivity index (χ2n) is 3.99. The van der Waals surface area contributed by atoms with Gasteiger partial charge in [-0.2, -0.15) is 13.2 Å². The summed E-state index contributed by atoms with van der Waals surface area (Å²) in [6.07, 6.45) is -4.01. The Morgan fingerprint density at radius 2 is 2.10 bits per heavy atom. The molecule has 0 atom stereocenters. The monoisotopic (exact) mass is 292 g/mol. The second kappa shape index (κ2) is 7.09. The standard InChI is InChI=1S/C12H15F3N2O3/c1-2-16-6-3-7-20-11-5-4-9(12(13,14)15)8-10(11)17(18)19/h4-5,8,16H,2-3,6-7H2,1H3. The molecule has 1 N–H and O–H groups in total. The molecule has 0 amide bonds. The van der Waals surface area contributed by atoms with Gasteiger partial charge in [0.15, 0.2) is 5.75 Å². The number of alkyl halides is 3. The molecule has 0 saturated heterocycles. The van der Waals surface area contributed by atoms with E-state index in [-0.39, 0.29) is 12.4 Å². The molecule has 0 aliphatic rings. The van der Waals surface area contributed by atoms with Gasteiger partial charge in [-0.05, 0) is 31.6 Å². The molecule has 0 aromatic heterocycles. The van der Waals surface area contributed by atoms with E-state index >= 15 is 0 Å². The normalized spacial score (nSPS) is 11.4. The minimum Gasteiger partial charge on any atom is -0.487 e. The van der Waals surface area contributed by atoms with Gasteiger partial charge >= 0.3 is 11.9 Å². The van der Waals surface area contributed by atoms with Gasteiger partial charge in [-0.1, -0.05) is 6.92 Å². The summed E-state index contributed by atoms with van der Waals surface area (Å²) in [5.74, 6) is -0.153. The van der Waals surface area contributed by atoms with Crippen LogP contribution in [0.3, 0.4) is 0 Å². The fourth-order valence-electron chi connectivity index (χ4n) is 1.51. The van der Waals surface area contributed by atoms with Crippen LogP contribution in [0.4, 0.5) is 18.9 Å². The predicted octanol–water partition coefficient (Wildman–Crippen LogP) is 2.99. The highest BCUT2D eigenvalue weighted by molar-refractivity contribution is 5.49. The van der Waals surface area contributed by atoms with Crippen molar-refractivity contribution in [2.45, 2.75) is 19.5 Å². The molecule has 0 radical (unpaired) electrons. The van der Waals surface area contributed by atoms with Crippen LogP contribution in [0.2, 0.25) is 0 Å². The van der Waals surface area contributed by atoms with Gasteiger partial charge in [-0.25, -0.2) is 0 Å². The Morgan fingerprint density at radius 3 is 2.65 bits per heavy atom. The van der Waals surface area contributed by atoms with E-state index < -0.39 is 22.4 Å². The molecular weight excluding hydrogens is 277 g/mol. The molecule has 0 aliphatic heterocycles. The number of nitrogens with zero attached hydrogens (tertiary/aromatic N) is 1. The molecule has 0 spiro atoms. The lowest BCUT2D eigenvalue weighted by atomic mass is 10.2. The molecule has 1 aromatic rings. The Kier molecular flexibility index (Phi) is 5.75. The van der Waals surface area contributed by atoms with Crippen molar-refractivity contribution in [1.29, 1.82) is 0 Å². The molecule has 5 nitrogen and oxygen atoms in total. The molecule has 0 saturated carbocycles. The fraction of sp³-hybridized carbons (Fsp3) is 0.500. The number of nitro benzene ring substituents is 1. The highest BCUT2D eigenvalue weighted by Gasteiger charge is 2.33. The zero-order valence-electron chi connectivity index (χ0n) is 10.9. The van der Waals surface area contributed by atoms with E-state index in [0.717, 1.165) is 18.7 Å². The first-order valence-corrected chi connectivity index (χ1v) is 6.05. The number of halogens is 3. The molecule has 0 fully saturated rings. The molecule has 1 aromatic carbocycles. The van der Waals surface area contributed by atoms with E-state index in [9.17, 15) is 23.3 Å². The SMILES string of the molecule is CCNCCCOc1ccc(C(F)(F)F)cc1[N+](=O)[O-]. The highest BCUT2D eigenvalue weighted by atomic mass is 19.4. The third-order valence-corrected chi connectivity index (χ3v) is 2.49. The Hall–Kier alpha value is -1.83. The minimum absolute atomic E-state index is 0.153. The van der Waals surface area contributed by atoms with E-state index in [1.807, 2.05) is 6.92 Å². The van der Waals surface area contributed by atoms with E-state index in [0.29, 0.717) is 19.0 Å². The van der Waals surface area contributed by atoms with E-state index in [4.69, 9.17) is 4.74 Å². The maximum Gasteiger partial charge on any atom is 0.416 e. The fourth-order valence-corrected chi connectivity index (χ4v) is 1.51. The zero-order chi connectivity index (χ0) is 15.2. The highest BCUT2D eigenvalue weighted by Crippen LogP contribution is 2.35. The lowest BCUT2D eigenvalue weighted by molar-refractivity contribution is -0.386. The van der Waals surface area contributed by atoms with Crippen molar-refractivity contribution in [2.24, 2.45) is 0 Å². The van der Waals surface area contributed by atoms with Crippen LogP contribution < -0.4 is 10.1 Å². The van der Waals surface area contributed by atoms with Crippen molar-refractivity contribution in [3.63, 3.8) is 0 Å². The number of nitrogens with one attached hydrogen (secondary N) is 1.